The molecular formula is C22H22N4O2S. The van der Waals surface area contributed by atoms with Gasteiger partial charge in [0.1, 0.15) is 11.2 Å². The number of aromatic nitrogens is 2. The van der Waals surface area contributed by atoms with E-state index in [0.29, 0.717) is 29.3 Å². The summed E-state index contributed by atoms with van der Waals surface area (Å²) in [4.78, 5) is 37.3. The number of nitrogens with zero attached hydrogens (tertiary/aromatic N) is 4. The van der Waals surface area contributed by atoms with Gasteiger partial charge in [-0.3, -0.25) is 14.5 Å². The van der Waals surface area contributed by atoms with Crippen molar-refractivity contribution >= 4 is 39.6 Å². The molecule has 0 aliphatic carbocycles. The third-order valence-electron chi connectivity index (χ3n) is 4.85. The molecule has 1 saturated heterocycles. The Kier molecular flexibility index (Phi) is 5.49. The number of fused-ring (bicyclic) bond motifs is 1. The Morgan fingerprint density at radius 3 is 2.76 bits per heavy atom. The first-order valence-corrected chi connectivity index (χ1v) is 10.7. The summed E-state index contributed by atoms with van der Waals surface area (Å²) >= 11 is 1.54. The van der Waals surface area contributed by atoms with Gasteiger partial charge in [0.05, 0.1) is 11.1 Å². The number of hydrogen-bond donors (Lipinski definition) is 0. The maximum absolute atomic E-state index is 13.4. The zero-order chi connectivity index (χ0) is 20.4. The van der Waals surface area contributed by atoms with Crippen molar-refractivity contribution in [1.82, 2.24) is 14.5 Å². The van der Waals surface area contributed by atoms with Gasteiger partial charge < -0.3 is 4.57 Å². The standard InChI is InChI=1S/C22H22N4O2S/c1-3-25-14-18(19(27)17-11-10-15(2)23-20(17)25)21(28)26-12-7-13-29-22(26)24-16-8-5-4-6-9-16/h4-6,8-11,14H,3,7,12-13H2,1-2H3. The van der Waals surface area contributed by atoms with Crippen LogP contribution >= 0.6 is 11.8 Å². The van der Waals surface area contributed by atoms with Gasteiger partial charge in [-0.1, -0.05) is 30.0 Å². The average molecular weight is 407 g/mol. The van der Waals surface area contributed by atoms with Crippen molar-refractivity contribution < 1.29 is 4.79 Å². The second-order valence-electron chi connectivity index (χ2n) is 6.87. The monoisotopic (exact) mass is 406 g/mol. The van der Waals surface area contributed by atoms with Crippen LogP contribution in [0.4, 0.5) is 5.69 Å². The van der Waals surface area contributed by atoms with E-state index in [9.17, 15) is 9.59 Å². The lowest BCUT2D eigenvalue weighted by Crippen LogP contribution is -2.41. The van der Waals surface area contributed by atoms with E-state index in [1.807, 2.05) is 48.7 Å². The maximum Gasteiger partial charge on any atom is 0.265 e. The predicted molar refractivity (Wildman–Crippen MR) is 118 cm³/mol. The van der Waals surface area contributed by atoms with Crippen LogP contribution in [-0.4, -0.2) is 37.8 Å². The van der Waals surface area contributed by atoms with Crippen LogP contribution in [0.2, 0.25) is 0 Å². The highest BCUT2D eigenvalue weighted by atomic mass is 32.2. The highest BCUT2D eigenvalue weighted by molar-refractivity contribution is 8.13. The van der Waals surface area contributed by atoms with Crippen LogP contribution in [0.1, 0.15) is 29.4 Å². The van der Waals surface area contributed by atoms with Crippen LogP contribution in [0.25, 0.3) is 11.0 Å². The first-order chi connectivity index (χ1) is 14.1. The molecule has 1 aliphatic rings. The maximum atomic E-state index is 13.4. The fraction of sp³-hybridized carbons (Fsp3) is 0.273. The van der Waals surface area contributed by atoms with Crippen molar-refractivity contribution in [2.75, 3.05) is 12.3 Å². The Labute approximate surface area is 173 Å². The number of carbonyl (C=O) groups excluding carboxylic acids is 1. The SMILES string of the molecule is CCn1cc(C(=O)N2CCCSC2=Nc2ccccc2)c(=O)c2ccc(C)nc21. The van der Waals surface area contributed by atoms with Crippen molar-refractivity contribution in [2.45, 2.75) is 26.8 Å². The highest BCUT2D eigenvalue weighted by Gasteiger charge is 2.27. The number of rotatable bonds is 3. The summed E-state index contributed by atoms with van der Waals surface area (Å²) in [5, 5.41) is 1.10. The third kappa shape index (κ3) is 3.82. The lowest BCUT2D eigenvalue weighted by Gasteiger charge is -2.28. The van der Waals surface area contributed by atoms with Gasteiger partial charge in [-0.2, -0.15) is 0 Å². The Bertz CT molecular complexity index is 1150. The quantitative estimate of drug-likeness (QED) is 0.660. The number of hydrogen-bond acceptors (Lipinski definition) is 5. The molecule has 1 amide bonds. The molecule has 4 rings (SSSR count). The number of pyridine rings is 2. The molecule has 7 heteroatoms. The van der Waals surface area contributed by atoms with E-state index in [0.717, 1.165) is 23.6 Å². The van der Waals surface area contributed by atoms with Crippen LogP contribution in [0.5, 0.6) is 0 Å². The second kappa shape index (κ2) is 8.21. The molecule has 6 nitrogen and oxygen atoms in total. The highest BCUT2D eigenvalue weighted by Crippen LogP contribution is 2.24. The van der Waals surface area contributed by atoms with Gasteiger partial charge in [0.15, 0.2) is 5.17 Å². The molecule has 1 aliphatic heterocycles. The molecule has 0 spiro atoms. The summed E-state index contributed by atoms with van der Waals surface area (Å²) in [7, 11) is 0. The molecule has 2 aromatic heterocycles. The van der Waals surface area contributed by atoms with Crippen molar-refractivity contribution in [3.8, 4) is 0 Å². The molecule has 1 aromatic carbocycles. The Morgan fingerprint density at radius 2 is 2.00 bits per heavy atom. The summed E-state index contributed by atoms with van der Waals surface area (Å²) in [6.07, 6.45) is 2.50. The Hall–Kier alpha value is -2.93. The predicted octanol–water partition coefficient (Wildman–Crippen LogP) is 3.99. The van der Waals surface area contributed by atoms with E-state index in [-0.39, 0.29) is 16.9 Å². The Balaban J connectivity index is 1.79. The summed E-state index contributed by atoms with van der Waals surface area (Å²) in [5.41, 5.74) is 2.12. The zero-order valence-corrected chi connectivity index (χ0v) is 17.3. The first kappa shape index (κ1) is 19.4. The van der Waals surface area contributed by atoms with Crippen molar-refractivity contribution in [2.24, 2.45) is 4.99 Å². The molecule has 0 radical (unpaired) electrons. The molecule has 1 fully saturated rings. The number of benzene rings is 1. The number of thioether (sulfide) groups is 1. The summed E-state index contributed by atoms with van der Waals surface area (Å²) < 4.78 is 1.86. The minimum absolute atomic E-state index is 0.160. The molecule has 0 atom stereocenters. The van der Waals surface area contributed by atoms with Crippen LogP contribution in [0.3, 0.4) is 0 Å². The van der Waals surface area contributed by atoms with E-state index < -0.39 is 0 Å². The molecule has 0 saturated carbocycles. The minimum atomic E-state index is -0.304. The van der Waals surface area contributed by atoms with Crippen molar-refractivity contribution in [1.29, 1.82) is 0 Å². The number of amidine groups is 1. The van der Waals surface area contributed by atoms with Gasteiger partial charge in [-0.15, -0.1) is 0 Å². The molecule has 148 valence electrons. The molecule has 29 heavy (non-hydrogen) atoms. The normalized spacial score (nSPS) is 15.8. The van der Waals surface area contributed by atoms with Crippen LogP contribution < -0.4 is 5.43 Å². The number of aryl methyl sites for hydroxylation is 2. The molecule has 0 N–H and O–H groups in total. The number of aliphatic imine (C=N–C) groups is 1. The lowest BCUT2D eigenvalue weighted by atomic mass is 10.1. The van der Waals surface area contributed by atoms with Gasteiger partial charge in [0.25, 0.3) is 5.91 Å². The van der Waals surface area contributed by atoms with Gasteiger partial charge in [0, 0.05) is 30.7 Å². The summed E-state index contributed by atoms with van der Waals surface area (Å²) in [6, 6.07) is 13.1. The number of para-hydroxylation sites is 1. The molecule has 3 heterocycles. The van der Waals surface area contributed by atoms with Crippen molar-refractivity contribution in [3.63, 3.8) is 0 Å². The molecule has 0 unspecified atom stereocenters. The van der Waals surface area contributed by atoms with E-state index in [2.05, 4.69) is 9.98 Å². The van der Waals surface area contributed by atoms with E-state index >= 15 is 0 Å². The smallest absolute Gasteiger partial charge is 0.265 e. The third-order valence-corrected chi connectivity index (χ3v) is 5.91. The van der Waals surface area contributed by atoms with Crippen LogP contribution in [0, 0.1) is 6.92 Å². The molecule has 0 bridgehead atoms. The van der Waals surface area contributed by atoms with Crippen molar-refractivity contribution in [3.05, 3.63) is 70.1 Å². The lowest BCUT2D eigenvalue weighted by molar-refractivity contribution is 0.0847. The van der Waals surface area contributed by atoms with Crippen LogP contribution in [0.15, 0.2) is 58.4 Å². The van der Waals surface area contributed by atoms with E-state index in [1.165, 1.54) is 0 Å². The number of carbonyl (C=O) groups is 1. The first-order valence-electron chi connectivity index (χ1n) is 9.67. The zero-order valence-electron chi connectivity index (χ0n) is 16.5. The topological polar surface area (TPSA) is 67.6 Å². The largest absolute Gasteiger partial charge is 0.332 e. The van der Waals surface area contributed by atoms with Gasteiger partial charge >= 0.3 is 0 Å². The molecule has 3 aromatic rings. The Morgan fingerprint density at radius 1 is 1.21 bits per heavy atom. The van der Waals surface area contributed by atoms with Gasteiger partial charge in [-0.05, 0) is 44.5 Å². The molecular weight excluding hydrogens is 384 g/mol. The van der Waals surface area contributed by atoms with E-state index in [1.54, 1.807) is 35.0 Å². The van der Waals surface area contributed by atoms with Crippen LogP contribution in [-0.2, 0) is 6.54 Å². The second-order valence-corrected chi connectivity index (χ2v) is 7.93. The minimum Gasteiger partial charge on any atom is -0.332 e. The van der Waals surface area contributed by atoms with Gasteiger partial charge in [-0.25, -0.2) is 9.98 Å². The van der Waals surface area contributed by atoms with E-state index in [4.69, 9.17) is 0 Å². The summed E-state index contributed by atoms with van der Waals surface area (Å²) in [5.74, 6) is 0.594. The summed E-state index contributed by atoms with van der Waals surface area (Å²) in [6.45, 7) is 5.03. The number of amides is 1. The fourth-order valence-electron chi connectivity index (χ4n) is 3.35. The van der Waals surface area contributed by atoms with Gasteiger partial charge in [0.2, 0.25) is 5.43 Å². The fourth-order valence-corrected chi connectivity index (χ4v) is 4.31. The average Bonchev–Trinajstić information content (AvgIpc) is 2.75.